The summed E-state index contributed by atoms with van der Waals surface area (Å²) in [5.74, 6) is -0.114. The molecule has 0 radical (unpaired) electrons. The predicted octanol–water partition coefficient (Wildman–Crippen LogP) is 3.42. The van der Waals surface area contributed by atoms with Crippen LogP contribution in [0.15, 0.2) is 53.3 Å². The van der Waals surface area contributed by atoms with Gasteiger partial charge in [-0.05, 0) is 43.0 Å². The van der Waals surface area contributed by atoms with E-state index in [1.54, 1.807) is 12.1 Å². The molecule has 0 spiro atoms. The van der Waals surface area contributed by atoms with E-state index in [0.717, 1.165) is 30.3 Å². The number of aromatic amines is 1. The minimum Gasteiger partial charge on any atom is -0.352 e. The van der Waals surface area contributed by atoms with Crippen LogP contribution in [0.4, 0.5) is 0 Å². The van der Waals surface area contributed by atoms with Crippen molar-refractivity contribution in [3.8, 4) is 0 Å². The first-order chi connectivity index (χ1) is 12.7. The third-order valence-corrected chi connectivity index (χ3v) is 5.21. The maximum atomic E-state index is 12.4. The number of benzene rings is 2. The molecule has 2 N–H and O–H groups in total. The fourth-order valence-electron chi connectivity index (χ4n) is 3.86. The Kier molecular flexibility index (Phi) is 4.61. The first-order valence-electron chi connectivity index (χ1n) is 9.29. The lowest BCUT2D eigenvalue weighted by molar-refractivity contribution is 0.0954. The molecule has 26 heavy (non-hydrogen) atoms. The Morgan fingerprint density at radius 3 is 2.65 bits per heavy atom. The number of hydrogen-bond acceptors (Lipinski definition) is 2. The maximum Gasteiger partial charge on any atom is 0.326 e. The van der Waals surface area contributed by atoms with Crippen LogP contribution in [-0.2, 0) is 6.42 Å². The molecule has 4 rings (SSSR count). The van der Waals surface area contributed by atoms with E-state index < -0.39 is 0 Å². The Morgan fingerprint density at radius 2 is 1.88 bits per heavy atom. The fourth-order valence-corrected chi connectivity index (χ4v) is 3.86. The van der Waals surface area contributed by atoms with Crippen molar-refractivity contribution in [2.75, 3.05) is 6.54 Å². The number of aromatic nitrogens is 2. The van der Waals surface area contributed by atoms with Crippen LogP contribution < -0.4 is 11.0 Å². The standard InChI is InChI=1S/C21H23N3O2/c25-20(22-13-12-15-6-2-1-3-7-15)16-10-11-19-18(14-16)23-21(26)24(19)17-8-4-5-9-17/h1-3,6-7,10-11,14,17H,4-5,8-9,12-13H2,(H,22,25)(H,23,26). The second-order valence-electron chi connectivity index (χ2n) is 6.96. The molecule has 2 aromatic carbocycles. The van der Waals surface area contributed by atoms with Crippen molar-refractivity contribution in [3.05, 3.63) is 70.1 Å². The Morgan fingerprint density at radius 1 is 1.12 bits per heavy atom. The first kappa shape index (κ1) is 16.6. The highest BCUT2D eigenvalue weighted by atomic mass is 16.2. The van der Waals surface area contributed by atoms with Gasteiger partial charge in [0.1, 0.15) is 0 Å². The highest BCUT2D eigenvalue weighted by Crippen LogP contribution is 2.30. The van der Waals surface area contributed by atoms with E-state index in [1.165, 1.54) is 18.4 Å². The van der Waals surface area contributed by atoms with Crippen molar-refractivity contribution < 1.29 is 4.79 Å². The molecule has 1 aliphatic rings. The Bertz CT molecular complexity index is 966. The molecule has 5 heteroatoms. The number of carbonyl (C=O) groups excluding carboxylic acids is 1. The summed E-state index contributed by atoms with van der Waals surface area (Å²) in [6.45, 7) is 0.584. The molecule has 3 aromatic rings. The van der Waals surface area contributed by atoms with E-state index in [4.69, 9.17) is 0 Å². The van der Waals surface area contributed by atoms with Crippen LogP contribution in [0.2, 0.25) is 0 Å². The largest absolute Gasteiger partial charge is 0.352 e. The van der Waals surface area contributed by atoms with Gasteiger partial charge < -0.3 is 10.3 Å². The number of nitrogens with one attached hydrogen (secondary N) is 2. The lowest BCUT2D eigenvalue weighted by Crippen LogP contribution is -2.25. The Balaban J connectivity index is 1.48. The topological polar surface area (TPSA) is 66.9 Å². The van der Waals surface area contributed by atoms with Gasteiger partial charge >= 0.3 is 5.69 Å². The van der Waals surface area contributed by atoms with Crippen molar-refractivity contribution in [1.29, 1.82) is 0 Å². The summed E-state index contributed by atoms with van der Waals surface area (Å²) in [6.07, 6.45) is 5.24. The lowest BCUT2D eigenvalue weighted by atomic mass is 10.1. The van der Waals surface area contributed by atoms with E-state index >= 15 is 0 Å². The lowest BCUT2D eigenvalue weighted by Gasteiger charge is -2.11. The number of nitrogens with zero attached hydrogens (tertiary/aromatic N) is 1. The van der Waals surface area contributed by atoms with Gasteiger partial charge in [0.15, 0.2) is 0 Å². The molecular weight excluding hydrogens is 326 g/mol. The number of carbonyl (C=O) groups is 1. The van der Waals surface area contributed by atoms with Crippen molar-refractivity contribution in [3.63, 3.8) is 0 Å². The molecule has 1 aromatic heterocycles. The zero-order valence-corrected chi connectivity index (χ0v) is 14.7. The molecule has 1 heterocycles. The van der Waals surface area contributed by atoms with Gasteiger partial charge in [-0.25, -0.2) is 4.79 Å². The van der Waals surface area contributed by atoms with Gasteiger partial charge in [-0.15, -0.1) is 0 Å². The van der Waals surface area contributed by atoms with E-state index in [2.05, 4.69) is 22.4 Å². The summed E-state index contributed by atoms with van der Waals surface area (Å²) < 4.78 is 1.86. The summed E-state index contributed by atoms with van der Waals surface area (Å²) in [5.41, 5.74) is 3.32. The van der Waals surface area contributed by atoms with Crippen LogP contribution in [0, 0.1) is 0 Å². The van der Waals surface area contributed by atoms with E-state index in [0.29, 0.717) is 12.1 Å². The number of imidazole rings is 1. The maximum absolute atomic E-state index is 12.4. The van der Waals surface area contributed by atoms with Crippen LogP contribution in [0.1, 0.15) is 47.6 Å². The van der Waals surface area contributed by atoms with Crippen LogP contribution in [-0.4, -0.2) is 22.0 Å². The molecule has 0 aliphatic heterocycles. The zero-order chi connectivity index (χ0) is 17.9. The minimum atomic E-state index is -0.114. The average molecular weight is 349 g/mol. The normalized spacial score (nSPS) is 14.8. The van der Waals surface area contributed by atoms with Crippen molar-refractivity contribution >= 4 is 16.9 Å². The molecule has 1 fully saturated rings. The number of H-pyrrole nitrogens is 1. The summed E-state index contributed by atoms with van der Waals surface area (Å²) in [7, 11) is 0. The quantitative estimate of drug-likeness (QED) is 0.741. The predicted molar refractivity (Wildman–Crippen MR) is 103 cm³/mol. The van der Waals surface area contributed by atoms with Gasteiger partial charge in [-0.1, -0.05) is 43.2 Å². The fraction of sp³-hybridized carbons (Fsp3) is 0.333. The third-order valence-electron chi connectivity index (χ3n) is 5.21. The van der Waals surface area contributed by atoms with E-state index in [1.807, 2.05) is 28.8 Å². The molecule has 0 atom stereocenters. The summed E-state index contributed by atoms with van der Waals surface area (Å²) >= 11 is 0. The minimum absolute atomic E-state index is 0.0754. The van der Waals surface area contributed by atoms with Crippen LogP contribution in [0.25, 0.3) is 11.0 Å². The van der Waals surface area contributed by atoms with E-state index in [-0.39, 0.29) is 17.6 Å². The Labute approximate surface area is 152 Å². The van der Waals surface area contributed by atoms with Gasteiger partial charge in [-0.3, -0.25) is 9.36 Å². The molecule has 1 aliphatic carbocycles. The molecular formula is C21H23N3O2. The van der Waals surface area contributed by atoms with Gasteiger partial charge in [0.2, 0.25) is 0 Å². The molecule has 5 nitrogen and oxygen atoms in total. The second kappa shape index (κ2) is 7.20. The van der Waals surface area contributed by atoms with Crippen molar-refractivity contribution in [2.45, 2.75) is 38.1 Å². The summed E-state index contributed by atoms with van der Waals surface area (Å²) in [5, 5.41) is 2.95. The Hall–Kier alpha value is -2.82. The monoisotopic (exact) mass is 349 g/mol. The van der Waals surface area contributed by atoms with Gasteiger partial charge in [-0.2, -0.15) is 0 Å². The zero-order valence-electron chi connectivity index (χ0n) is 14.7. The smallest absolute Gasteiger partial charge is 0.326 e. The number of fused-ring (bicyclic) bond motifs is 1. The highest BCUT2D eigenvalue weighted by Gasteiger charge is 2.21. The van der Waals surface area contributed by atoms with Gasteiger partial charge in [0, 0.05) is 18.2 Å². The second-order valence-corrected chi connectivity index (χ2v) is 6.96. The molecule has 134 valence electrons. The number of amides is 1. The summed E-state index contributed by atoms with van der Waals surface area (Å²) in [4.78, 5) is 27.7. The number of hydrogen-bond donors (Lipinski definition) is 2. The molecule has 0 unspecified atom stereocenters. The first-order valence-corrected chi connectivity index (χ1v) is 9.29. The average Bonchev–Trinajstić information content (AvgIpc) is 3.28. The third kappa shape index (κ3) is 3.29. The van der Waals surface area contributed by atoms with Crippen LogP contribution in [0.5, 0.6) is 0 Å². The molecule has 0 saturated heterocycles. The highest BCUT2D eigenvalue weighted by molar-refractivity contribution is 5.97. The molecule has 0 bridgehead atoms. The van der Waals surface area contributed by atoms with Crippen LogP contribution in [0.3, 0.4) is 0 Å². The van der Waals surface area contributed by atoms with E-state index in [9.17, 15) is 9.59 Å². The van der Waals surface area contributed by atoms with Gasteiger partial charge in [0.05, 0.1) is 11.0 Å². The molecule has 1 amide bonds. The van der Waals surface area contributed by atoms with Gasteiger partial charge in [0.25, 0.3) is 5.91 Å². The SMILES string of the molecule is O=C(NCCc1ccccc1)c1ccc2c(c1)[nH]c(=O)n2C1CCCC1. The summed E-state index contributed by atoms with van der Waals surface area (Å²) in [6, 6.07) is 15.8. The van der Waals surface area contributed by atoms with Crippen molar-refractivity contribution in [1.82, 2.24) is 14.9 Å². The van der Waals surface area contributed by atoms with Crippen molar-refractivity contribution in [2.24, 2.45) is 0 Å². The molecule has 1 saturated carbocycles. The van der Waals surface area contributed by atoms with Crippen LogP contribution >= 0.6 is 0 Å². The number of rotatable bonds is 5.